The lowest BCUT2D eigenvalue weighted by molar-refractivity contribution is -0.148. The van der Waals surface area contributed by atoms with Gasteiger partial charge in [0.15, 0.2) is 0 Å². The van der Waals surface area contributed by atoms with Crippen LogP contribution in [0, 0.1) is 0 Å². The highest BCUT2D eigenvalue weighted by Crippen LogP contribution is 2.46. The Labute approximate surface area is 159 Å². The molecule has 0 saturated heterocycles. The number of halogens is 5. The van der Waals surface area contributed by atoms with Crippen LogP contribution in [0.1, 0.15) is 18.9 Å². The molecular formula is C18H13Br2F3N2. The molecule has 3 aromatic rings. The van der Waals surface area contributed by atoms with Crippen LogP contribution >= 0.6 is 31.9 Å². The molecule has 1 atom stereocenters. The molecule has 1 aliphatic rings. The van der Waals surface area contributed by atoms with E-state index in [0.717, 1.165) is 31.4 Å². The zero-order valence-corrected chi connectivity index (χ0v) is 16.3. The monoisotopic (exact) mass is 472 g/mol. The average molecular weight is 474 g/mol. The number of rotatable bonds is 1. The van der Waals surface area contributed by atoms with Gasteiger partial charge in [-0.2, -0.15) is 13.2 Å². The number of hydrogen-bond acceptors (Lipinski definition) is 1. The molecule has 0 saturated carbocycles. The summed E-state index contributed by atoms with van der Waals surface area (Å²) in [5, 5.41) is 0. The number of fused-ring (bicyclic) bond motifs is 5. The first-order valence-electron chi connectivity index (χ1n) is 7.70. The summed E-state index contributed by atoms with van der Waals surface area (Å²) in [6.07, 6.45) is -5.10. The van der Waals surface area contributed by atoms with E-state index >= 15 is 0 Å². The molecule has 0 radical (unpaired) electrons. The third kappa shape index (κ3) is 2.81. The minimum absolute atomic E-state index is 0.240. The molecule has 1 aliphatic heterocycles. The van der Waals surface area contributed by atoms with Crippen LogP contribution in [0.4, 0.5) is 13.2 Å². The standard InChI is InChI=1S/C18H13Br2F3N2/c1-17(8-18(21,22)23)9-25-15-7-13(20)12(19)6-14(15)24-16(25)10-4-2-3-5-11(10)17/h2-7H,8-9H2,1H3. The molecule has 7 heteroatoms. The van der Waals surface area contributed by atoms with Crippen LogP contribution in [0.15, 0.2) is 45.3 Å². The summed E-state index contributed by atoms with van der Waals surface area (Å²) < 4.78 is 43.4. The normalized spacial score (nSPS) is 19.8. The second kappa shape index (κ2) is 5.58. The summed E-state index contributed by atoms with van der Waals surface area (Å²) in [6, 6.07) is 11.1. The Morgan fingerprint density at radius 1 is 1.16 bits per heavy atom. The first-order valence-corrected chi connectivity index (χ1v) is 9.28. The fourth-order valence-electron chi connectivity index (χ4n) is 3.72. The molecule has 0 amide bonds. The second-order valence-corrected chi connectivity index (χ2v) is 8.38. The van der Waals surface area contributed by atoms with Crippen molar-refractivity contribution >= 4 is 42.9 Å². The predicted octanol–water partition coefficient (Wildman–Crippen LogP) is 6.45. The average Bonchev–Trinajstić information content (AvgIpc) is 2.84. The molecule has 4 rings (SSSR count). The third-order valence-electron chi connectivity index (χ3n) is 4.71. The lowest BCUT2D eigenvalue weighted by Crippen LogP contribution is -2.37. The molecule has 25 heavy (non-hydrogen) atoms. The predicted molar refractivity (Wildman–Crippen MR) is 98.6 cm³/mol. The van der Waals surface area contributed by atoms with Crippen molar-refractivity contribution < 1.29 is 13.2 Å². The van der Waals surface area contributed by atoms with E-state index in [2.05, 4.69) is 36.8 Å². The van der Waals surface area contributed by atoms with E-state index in [1.54, 1.807) is 19.1 Å². The number of benzene rings is 2. The minimum Gasteiger partial charge on any atom is -0.323 e. The summed E-state index contributed by atoms with van der Waals surface area (Å²) in [4.78, 5) is 4.69. The first kappa shape index (κ1) is 17.1. The highest BCUT2D eigenvalue weighted by Gasteiger charge is 2.44. The van der Waals surface area contributed by atoms with E-state index in [-0.39, 0.29) is 6.54 Å². The van der Waals surface area contributed by atoms with Crippen LogP contribution in [0.5, 0.6) is 0 Å². The van der Waals surface area contributed by atoms with Crippen molar-refractivity contribution in [2.45, 2.75) is 31.5 Å². The van der Waals surface area contributed by atoms with E-state index in [1.807, 2.05) is 28.8 Å². The van der Waals surface area contributed by atoms with Crippen LogP contribution in [-0.2, 0) is 12.0 Å². The lowest BCUT2D eigenvalue weighted by atomic mass is 9.74. The van der Waals surface area contributed by atoms with E-state index in [4.69, 9.17) is 0 Å². The van der Waals surface area contributed by atoms with Crippen molar-refractivity contribution in [3.63, 3.8) is 0 Å². The molecule has 0 spiro atoms. The Balaban J connectivity index is 2.00. The molecule has 2 aromatic carbocycles. The zero-order valence-electron chi connectivity index (χ0n) is 13.2. The SMILES string of the molecule is CC1(CC(F)(F)F)Cn2c(nc3cc(Br)c(Br)cc32)-c2ccccc21. The summed E-state index contributed by atoms with van der Waals surface area (Å²) in [5.41, 5.74) is 2.02. The van der Waals surface area contributed by atoms with Crippen molar-refractivity contribution in [1.29, 1.82) is 0 Å². The lowest BCUT2D eigenvalue weighted by Gasteiger charge is -2.37. The van der Waals surface area contributed by atoms with Crippen LogP contribution in [0.2, 0.25) is 0 Å². The van der Waals surface area contributed by atoms with Crippen molar-refractivity contribution in [2.24, 2.45) is 0 Å². The summed E-state index contributed by atoms with van der Waals surface area (Å²) in [6.45, 7) is 1.92. The minimum atomic E-state index is -4.24. The van der Waals surface area contributed by atoms with Gasteiger partial charge >= 0.3 is 6.18 Å². The van der Waals surface area contributed by atoms with Crippen LogP contribution in [0.3, 0.4) is 0 Å². The van der Waals surface area contributed by atoms with Gasteiger partial charge in [0.1, 0.15) is 5.82 Å². The molecule has 0 N–H and O–H groups in total. The van der Waals surface area contributed by atoms with E-state index in [0.29, 0.717) is 5.56 Å². The molecule has 1 aromatic heterocycles. The highest BCUT2D eigenvalue weighted by atomic mass is 79.9. The van der Waals surface area contributed by atoms with Gasteiger partial charge in [-0.15, -0.1) is 0 Å². The molecule has 2 nitrogen and oxygen atoms in total. The van der Waals surface area contributed by atoms with E-state index < -0.39 is 18.0 Å². The number of imidazole rings is 1. The van der Waals surface area contributed by atoms with Gasteiger partial charge in [-0.05, 0) is 49.6 Å². The van der Waals surface area contributed by atoms with Crippen molar-refractivity contribution in [3.8, 4) is 11.4 Å². The Hall–Kier alpha value is -1.34. The number of nitrogens with zero attached hydrogens (tertiary/aromatic N) is 2. The van der Waals surface area contributed by atoms with Crippen molar-refractivity contribution in [1.82, 2.24) is 9.55 Å². The Morgan fingerprint density at radius 3 is 2.56 bits per heavy atom. The topological polar surface area (TPSA) is 17.8 Å². The Kier molecular flexibility index (Phi) is 3.81. The van der Waals surface area contributed by atoms with Gasteiger partial charge in [-0.3, -0.25) is 0 Å². The first-order chi connectivity index (χ1) is 11.7. The zero-order chi connectivity index (χ0) is 18.0. The smallest absolute Gasteiger partial charge is 0.323 e. The van der Waals surface area contributed by atoms with Gasteiger partial charge < -0.3 is 4.57 Å². The molecule has 1 unspecified atom stereocenters. The second-order valence-electron chi connectivity index (χ2n) is 6.67. The number of aromatic nitrogens is 2. The number of hydrogen-bond donors (Lipinski definition) is 0. The van der Waals surface area contributed by atoms with E-state index in [9.17, 15) is 13.2 Å². The highest BCUT2D eigenvalue weighted by molar-refractivity contribution is 9.13. The van der Waals surface area contributed by atoms with Gasteiger partial charge in [0, 0.05) is 26.5 Å². The Morgan fingerprint density at radius 2 is 1.84 bits per heavy atom. The fraction of sp³-hybridized carbons (Fsp3) is 0.278. The van der Waals surface area contributed by atoms with Gasteiger partial charge in [-0.1, -0.05) is 31.2 Å². The van der Waals surface area contributed by atoms with Gasteiger partial charge in [0.05, 0.1) is 17.5 Å². The maximum Gasteiger partial charge on any atom is 0.390 e. The molecule has 0 bridgehead atoms. The summed E-state index contributed by atoms with van der Waals surface area (Å²) in [7, 11) is 0. The summed E-state index contributed by atoms with van der Waals surface area (Å²) >= 11 is 6.93. The van der Waals surface area contributed by atoms with Crippen LogP contribution in [0.25, 0.3) is 22.4 Å². The molecular weight excluding hydrogens is 461 g/mol. The summed E-state index contributed by atoms with van der Waals surface area (Å²) in [5.74, 6) is 0.718. The largest absolute Gasteiger partial charge is 0.390 e. The van der Waals surface area contributed by atoms with Gasteiger partial charge in [0.2, 0.25) is 0 Å². The molecule has 0 fully saturated rings. The molecule has 2 heterocycles. The maximum absolute atomic E-state index is 13.3. The van der Waals surface area contributed by atoms with Gasteiger partial charge in [0.25, 0.3) is 0 Å². The number of alkyl halides is 3. The fourth-order valence-corrected chi connectivity index (χ4v) is 4.38. The quantitative estimate of drug-likeness (QED) is 0.397. The maximum atomic E-state index is 13.3. The third-order valence-corrected chi connectivity index (χ3v) is 6.55. The van der Waals surface area contributed by atoms with Crippen molar-refractivity contribution in [2.75, 3.05) is 0 Å². The van der Waals surface area contributed by atoms with E-state index in [1.165, 1.54) is 0 Å². The van der Waals surface area contributed by atoms with Gasteiger partial charge in [-0.25, -0.2) is 4.98 Å². The van der Waals surface area contributed by atoms with Crippen molar-refractivity contribution in [3.05, 3.63) is 50.9 Å². The van der Waals surface area contributed by atoms with Crippen LogP contribution < -0.4 is 0 Å². The molecule has 130 valence electrons. The Bertz CT molecular complexity index is 994. The van der Waals surface area contributed by atoms with Crippen LogP contribution in [-0.4, -0.2) is 15.7 Å². The molecule has 0 aliphatic carbocycles.